The molecule has 2 rings (SSSR count). The van der Waals surface area contributed by atoms with Gasteiger partial charge in [-0.1, -0.05) is 20.8 Å². The minimum Gasteiger partial charge on any atom is -0.316 e. The zero-order valence-electron chi connectivity index (χ0n) is 12.9. The number of nitro groups is 1. The van der Waals surface area contributed by atoms with Gasteiger partial charge in [-0.3, -0.25) is 15.1 Å². The molecule has 5 heteroatoms. The molecule has 1 N–H and O–H groups in total. The first-order valence-corrected chi connectivity index (χ1v) is 7.03. The summed E-state index contributed by atoms with van der Waals surface area (Å²) in [5.74, 6) is 0. The molecule has 112 valence electrons. The normalized spacial score (nSPS) is 13.3. The van der Waals surface area contributed by atoms with Gasteiger partial charge in [0.2, 0.25) is 0 Å². The number of nitrogens with zero attached hydrogens (tertiary/aromatic N) is 2. The van der Waals surface area contributed by atoms with Gasteiger partial charge in [-0.2, -0.15) is 0 Å². The second kappa shape index (κ2) is 5.77. The highest BCUT2D eigenvalue weighted by Crippen LogP contribution is 2.30. The molecule has 0 aliphatic rings. The molecule has 0 fully saturated rings. The molecule has 21 heavy (non-hydrogen) atoms. The van der Waals surface area contributed by atoms with Crippen LogP contribution in [0.4, 0.5) is 5.69 Å². The van der Waals surface area contributed by atoms with Gasteiger partial charge in [-0.05, 0) is 42.6 Å². The predicted octanol–water partition coefficient (Wildman–Crippen LogP) is 3.32. The Morgan fingerprint density at radius 3 is 2.62 bits per heavy atom. The Labute approximate surface area is 124 Å². The molecule has 0 saturated heterocycles. The van der Waals surface area contributed by atoms with E-state index in [2.05, 4.69) is 31.1 Å². The SMILES string of the molecule is CNC(Cc1ccc([N+](=O)[O-])c2cccnc12)C(C)(C)C. The van der Waals surface area contributed by atoms with E-state index in [1.807, 2.05) is 13.1 Å². The fourth-order valence-electron chi connectivity index (χ4n) is 2.60. The average Bonchev–Trinajstić information content (AvgIpc) is 2.42. The third-order valence-electron chi connectivity index (χ3n) is 3.84. The van der Waals surface area contributed by atoms with Crippen molar-refractivity contribution >= 4 is 16.6 Å². The number of hydrogen-bond donors (Lipinski definition) is 1. The van der Waals surface area contributed by atoms with Crippen molar-refractivity contribution in [1.82, 2.24) is 10.3 Å². The summed E-state index contributed by atoms with van der Waals surface area (Å²) in [5, 5.41) is 15.1. The van der Waals surface area contributed by atoms with Gasteiger partial charge < -0.3 is 5.32 Å². The summed E-state index contributed by atoms with van der Waals surface area (Å²) in [6.07, 6.45) is 2.46. The fourth-order valence-corrected chi connectivity index (χ4v) is 2.60. The van der Waals surface area contributed by atoms with Crippen molar-refractivity contribution in [3.63, 3.8) is 0 Å². The maximum Gasteiger partial charge on any atom is 0.278 e. The monoisotopic (exact) mass is 287 g/mol. The van der Waals surface area contributed by atoms with Crippen LogP contribution in [-0.4, -0.2) is 23.0 Å². The Kier molecular flexibility index (Phi) is 4.23. The standard InChI is InChI=1S/C16H21N3O2/c1-16(2,3)14(17-4)10-11-7-8-13(19(20)21)12-6-5-9-18-15(11)12/h5-9,14,17H,10H2,1-4H3. The van der Waals surface area contributed by atoms with Crippen LogP contribution in [0.3, 0.4) is 0 Å². The summed E-state index contributed by atoms with van der Waals surface area (Å²) in [6, 6.07) is 7.16. The Bertz CT molecular complexity index is 662. The Morgan fingerprint density at radius 2 is 2.05 bits per heavy atom. The Morgan fingerprint density at radius 1 is 1.33 bits per heavy atom. The molecule has 0 aliphatic heterocycles. The second-order valence-corrected chi connectivity index (χ2v) is 6.31. The summed E-state index contributed by atoms with van der Waals surface area (Å²) in [6.45, 7) is 6.53. The van der Waals surface area contributed by atoms with Crippen LogP contribution in [0.5, 0.6) is 0 Å². The number of nitrogens with one attached hydrogen (secondary N) is 1. The summed E-state index contributed by atoms with van der Waals surface area (Å²) in [4.78, 5) is 15.1. The van der Waals surface area contributed by atoms with Gasteiger partial charge in [0.1, 0.15) is 0 Å². The maximum atomic E-state index is 11.1. The van der Waals surface area contributed by atoms with Crippen LogP contribution in [0.1, 0.15) is 26.3 Å². The zero-order valence-corrected chi connectivity index (χ0v) is 12.9. The predicted molar refractivity (Wildman–Crippen MR) is 84.4 cm³/mol. The molecule has 0 spiro atoms. The van der Waals surface area contributed by atoms with Crippen LogP contribution in [0, 0.1) is 15.5 Å². The molecular formula is C16H21N3O2. The van der Waals surface area contributed by atoms with Gasteiger partial charge in [0, 0.05) is 18.3 Å². The van der Waals surface area contributed by atoms with E-state index in [-0.39, 0.29) is 22.1 Å². The summed E-state index contributed by atoms with van der Waals surface area (Å²) in [5.41, 5.74) is 1.96. The Hall–Kier alpha value is -2.01. The largest absolute Gasteiger partial charge is 0.316 e. The quantitative estimate of drug-likeness (QED) is 0.692. The number of likely N-dealkylation sites (N-methyl/N-ethyl adjacent to an activating group) is 1. The highest BCUT2D eigenvalue weighted by atomic mass is 16.6. The van der Waals surface area contributed by atoms with Gasteiger partial charge in [-0.15, -0.1) is 0 Å². The van der Waals surface area contributed by atoms with Crippen LogP contribution < -0.4 is 5.32 Å². The molecule has 0 radical (unpaired) electrons. The van der Waals surface area contributed by atoms with Crippen molar-refractivity contribution in [2.75, 3.05) is 7.05 Å². The van der Waals surface area contributed by atoms with E-state index < -0.39 is 0 Å². The molecule has 2 aromatic rings. The average molecular weight is 287 g/mol. The molecule has 0 amide bonds. The lowest BCUT2D eigenvalue weighted by Crippen LogP contribution is -2.39. The lowest BCUT2D eigenvalue weighted by Gasteiger charge is -2.30. The number of aromatic nitrogens is 1. The molecule has 1 aromatic heterocycles. The first-order valence-electron chi connectivity index (χ1n) is 7.03. The van der Waals surface area contributed by atoms with E-state index in [4.69, 9.17) is 0 Å². The van der Waals surface area contributed by atoms with E-state index in [0.717, 1.165) is 17.5 Å². The molecule has 0 aliphatic carbocycles. The van der Waals surface area contributed by atoms with Crippen LogP contribution >= 0.6 is 0 Å². The minimum absolute atomic E-state index is 0.0949. The molecule has 0 saturated carbocycles. The van der Waals surface area contributed by atoms with Gasteiger partial charge in [0.15, 0.2) is 0 Å². The van der Waals surface area contributed by atoms with Crippen molar-refractivity contribution in [2.45, 2.75) is 33.2 Å². The third kappa shape index (κ3) is 3.19. The van der Waals surface area contributed by atoms with Gasteiger partial charge >= 0.3 is 0 Å². The number of benzene rings is 1. The lowest BCUT2D eigenvalue weighted by atomic mass is 9.82. The smallest absolute Gasteiger partial charge is 0.278 e. The molecule has 5 nitrogen and oxygen atoms in total. The summed E-state index contributed by atoms with van der Waals surface area (Å²) in [7, 11) is 1.94. The van der Waals surface area contributed by atoms with Crippen LogP contribution in [0.2, 0.25) is 0 Å². The number of fused-ring (bicyclic) bond motifs is 1. The van der Waals surface area contributed by atoms with Gasteiger partial charge in [0.25, 0.3) is 5.69 Å². The first-order chi connectivity index (χ1) is 9.84. The van der Waals surface area contributed by atoms with Gasteiger partial charge in [0.05, 0.1) is 15.8 Å². The van der Waals surface area contributed by atoms with Crippen molar-refractivity contribution < 1.29 is 4.92 Å². The highest BCUT2D eigenvalue weighted by Gasteiger charge is 2.25. The number of rotatable bonds is 4. The number of pyridine rings is 1. The lowest BCUT2D eigenvalue weighted by molar-refractivity contribution is -0.383. The molecule has 1 atom stereocenters. The minimum atomic E-state index is -0.354. The van der Waals surface area contributed by atoms with E-state index >= 15 is 0 Å². The number of non-ortho nitro benzene ring substituents is 1. The van der Waals surface area contributed by atoms with Gasteiger partial charge in [-0.25, -0.2) is 0 Å². The molecule has 1 heterocycles. The third-order valence-corrected chi connectivity index (χ3v) is 3.84. The highest BCUT2D eigenvalue weighted by molar-refractivity contribution is 5.90. The maximum absolute atomic E-state index is 11.1. The van der Waals surface area contributed by atoms with Crippen molar-refractivity contribution in [1.29, 1.82) is 0 Å². The van der Waals surface area contributed by atoms with E-state index in [0.29, 0.717) is 5.39 Å². The van der Waals surface area contributed by atoms with Crippen LogP contribution in [-0.2, 0) is 6.42 Å². The topological polar surface area (TPSA) is 68.1 Å². The van der Waals surface area contributed by atoms with E-state index in [9.17, 15) is 10.1 Å². The van der Waals surface area contributed by atoms with Crippen molar-refractivity contribution in [3.8, 4) is 0 Å². The van der Waals surface area contributed by atoms with E-state index in [1.165, 1.54) is 0 Å². The fraction of sp³-hybridized carbons (Fsp3) is 0.438. The van der Waals surface area contributed by atoms with E-state index in [1.54, 1.807) is 24.4 Å². The second-order valence-electron chi connectivity index (χ2n) is 6.31. The molecular weight excluding hydrogens is 266 g/mol. The molecule has 1 unspecified atom stereocenters. The molecule has 1 aromatic carbocycles. The van der Waals surface area contributed by atoms with Crippen molar-refractivity contribution in [3.05, 3.63) is 46.1 Å². The summed E-state index contributed by atoms with van der Waals surface area (Å²) < 4.78 is 0. The number of nitro benzene ring substituents is 1. The summed E-state index contributed by atoms with van der Waals surface area (Å²) >= 11 is 0. The first kappa shape index (κ1) is 15.4. The van der Waals surface area contributed by atoms with Crippen molar-refractivity contribution in [2.24, 2.45) is 5.41 Å². The number of hydrogen-bond acceptors (Lipinski definition) is 4. The van der Waals surface area contributed by atoms with Crippen LogP contribution in [0.25, 0.3) is 10.9 Å². The molecule has 0 bridgehead atoms. The Balaban J connectivity index is 2.51. The zero-order chi connectivity index (χ0) is 15.6. The van der Waals surface area contributed by atoms with Crippen LogP contribution in [0.15, 0.2) is 30.5 Å².